The predicted octanol–water partition coefficient (Wildman–Crippen LogP) is 3.41. The van der Waals surface area contributed by atoms with Crippen molar-refractivity contribution in [2.75, 3.05) is 11.9 Å². The van der Waals surface area contributed by atoms with Gasteiger partial charge in [0.15, 0.2) is 0 Å². The van der Waals surface area contributed by atoms with Crippen LogP contribution in [0.15, 0.2) is 42.7 Å². The summed E-state index contributed by atoms with van der Waals surface area (Å²) in [5, 5.41) is 0. The van der Waals surface area contributed by atoms with E-state index in [1.165, 1.54) is 5.56 Å². The Balaban J connectivity index is 2.18. The van der Waals surface area contributed by atoms with Crippen LogP contribution in [-0.4, -0.2) is 17.0 Å². The maximum Gasteiger partial charge on any atom is 0.132 e. The van der Waals surface area contributed by atoms with Crippen LogP contribution in [0.4, 0.5) is 5.82 Å². The zero-order valence-electron chi connectivity index (χ0n) is 12.1. The van der Waals surface area contributed by atoms with Gasteiger partial charge < -0.3 is 4.90 Å². The number of rotatable bonds is 3. The Kier molecular flexibility index (Phi) is 3.84. The van der Waals surface area contributed by atoms with Crippen LogP contribution in [0.3, 0.4) is 0 Å². The largest absolute Gasteiger partial charge is 0.355 e. The Labute approximate surface area is 115 Å². The molecule has 0 aliphatic carbocycles. The van der Waals surface area contributed by atoms with Crippen molar-refractivity contribution >= 4 is 5.82 Å². The van der Waals surface area contributed by atoms with Gasteiger partial charge in [-0.25, -0.2) is 9.97 Å². The minimum absolute atomic E-state index is 0.0469. The molecule has 2 rings (SSSR count). The highest BCUT2D eigenvalue weighted by atomic mass is 15.2. The van der Waals surface area contributed by atoms with E-state index in [0.29, 0.717) is 0 Å². The Morgan fingerprint density at radius 3 is 2.37 bits per heavy atom. The third-order valence-corrected chi connectivity index (χ3v) is 3.07. The van der Waals surface area contributed by atoms with Gasteiger partial charge in [-0.05, 0) is 5.56 Å². The molecule has 0 bridgehead atoms. The zero-order chi connectivity index (χ0) is 13.9. The molecule has 0 saturated carbocycles. The number of nitrogens with zero attached hydrogens (tertiary/aromatic N) is 3. The smallest absolute Gasteiger partial charge is 0.132 e. The number of anilines is 1. The molecular weight excluding hydrogens is 234 g/mol. The molecule has 1 aromatic carbocycles. The van der Waals surface area contributed by atoms with Gasteiger partial charge in [0.05, 0.1) is 5.69 Å². The molecule has 0 amide bonds. The van der Waals surface area contributed by atoms with Crippen LogP contribution < -0.4 is 4.90 Å². The lowest BCUT2D eigenvalue weighted by atomic mass is 9.92. The van der Waals surface area contributed by atoms with Crippen molar-refractivity contribution < 1.29 is 0 Å². The monoisotopic (exact) mass is 255 g/mol. The average molecular weight is 255 g/mol. The first-order valence-corrected chi connectivity index (χ1v) is 6.54. The molecule has 0 fully saturated rings. The van der Waals surface area contributed by atoms with E-state index >= 15 is 0 Å². The Morgan fingerprint density at radius 2 is 1.74 bits per heavy atom. The second kappa shape index (κ2) is 5.39. The molecule has 1 heterocycles. The Morgan fingerprint density at radius 1 is 1.05 bits per heavy atom. The maximum atomic E-state index is 4.36. The Hall–Kier alpha value is -1.90. The van der Waals surface area contributed by atoms with Crippen LogP contribution in [0.1, 0.15) is 32.0 Å². The lowest BCUT2D eigenvalue weighted by molar-refractivity contribution is 0.566. The molecule has 2 aromatic rings. The molecule has 0 radical (unpaired) electrons. The van der Waals surface area contributed by atoms with E-state index in [1.807, 2.05) is 6.07 Å². The van der Waals surface area contributed by atoms with Gasteiger partial charge in [-0.2, -0.15) is 0 Å². The molecule has 0 unspecified atom stereocenters. The fraction of sp³-hybridized carbons (Fsp3) is 0.375. The van der Waals surface area contributed by atoms with Crippen molar-refractivity contribution in [1.82, 2.24) is 9.97 Å². The van der Waals surface area contributed by atoms with Crippen LogP contribution in [0.2, 0.25) is 0 Å². The normalized spacial score (nSPS) is 11.4. The standard InChI is InChI=1S/C16H21N3/c1-16(2,3)14-10-15(18-12-17-14)19(4)11-13-8-6-5-7-9-13/h5-10,12H,11H2,1-4H3. The van der Waals surface area contributed by atoms with E-state index in [1.54, 1.807) is 6.33 Å². The van der Waals surface area contributed by atoms with Gasteiger partial charge >= 0.3 is 0 Å². The summed E-state index contributed by atoms with van der Waals surface area (Å²) in [4.78, 5) is 10.9. The minimum Gasteiger partial charge on any atom is -0.355 e. The molecule has 0 N–H and O–H groups in total. The maximum absolute atomic E-state index is 4.36. The van der Waals surface area contributed by atoms with Crippen molar-refractivity contribution in [3.05, 3.63) is 54.0 Å². The van der Waals surface area contributed by atoms with Crippen LogP contribution in [-0.2, 0) is 12.0 Å². The van der Waals surface area contributed by atoms with Gasteiger partial charge in [-0.3, -0.25) is 0 Å². The molecule has 0 spiro atoms. The highest BCUT2D eigenvalue weighted by molar-refractivity contribution is 5.40. The molecule has 3 nitrogen and oxygen atoms in total. The van der Waals surface area contributed by atoms with Gasteiger partial charge in [0, 0.05) is 25.1 Å². The van der Waals surface area contributed by atoms with Crippen molar-refractivity contribution in [2.24, 2.45) is 0 Å². The van der Waals surface area contributed by atoms with Crippen LogP contribution in [0.25, 0.3) is 0 Å². The summed E-state index contributed by atoms with van der Waals surface area (Å²) >= 11 is 0. The molecule has 3 heteroatoms. The van der Waals surface area contributed by atoms with E-state index < -0.39 is 0 Å². The van der Waals surface area contributed by atoms with Gasteiger partial charge in [-0.15, -0.1) is 0 Å². The van der Waals surface area contributed by atoms with E-state index in [9.17, 15) is 0 Å². The molecule has 100 valence electrons. The lowest BCUT2D eigenvalue weighted by Gasteiger charge is -2.22. The third kappa shape index (κ3) is 3.53. The predicted molar refractivity (Wildman–Crippen MR) is 79.3 cm³/mol. The first kappa shape index (κ1) is 13.5. The molecule has 0 atom stereocenters. The first-order valence-electron chi connectivity index (χ1n) is 6.54. The molecule has 1 aromatic heterocycles. The second-order valence-electron chi connectivity index (χ2n) is 5.85. The highest BCUT2D eigenvalue weighted by Crippen LogP contribution is 2.22. The van der Waals surface area contributed by atoms with Gasteiger partial charge in [0.1, 0.15) is 12.1 Å². The number of hydrogen-bond acceptors (Lipinski definition) is 3. The van der Waals surface area contributed by atoms with Gasteiger partial charge in [0.25, 0.3) is 0 Å². The zero-order valence-corrected chi connectivity index (χ0v) is 12.1. The van der Waals surface area contributed by atoms with Crippen molar-refractivity contribution in [3.63, 3.8) is 0 Å². The number of aromatic nitrogens is 2. The van der Waals surface area contributed by atoms with Crippen molar-refractivity contribution in [3.8, 4) is 0 Å². The van der Waals surface area contributed by atoms with Crippen LogP contribution in [0.5, 0.6) is 0 Å². The van der Waals surface area contributed by atoms with Gasteiger partial charge in [0.2, 0.25) is 0 Å². The van der Waals surface area contributed by atoms with E-state index in [0.717, 1.165) is 18.1 Å². The summed E-state index contributed by atoms with van der Waals surface area (Å²) in [5.41, 5.74) is 2.39. The van der Waals surface area contributed by atoms with Crippen LogP contribution in [0, 0.1) is 0 Å². The molecule has 0 aliphatic rings. The Bertz CT molecular complexity index is 529. The summed E-state index contributed by atoms with van der Waals surface area (Å²) in [6.07, 6.45) is 1.65. The van der Waals surface area contributed by atoms with Crippen LogP contribution >= 0.6 is 0 Å². The number of benzene rings is 1. The molecular formula is C16H21N3. The summed E-state index contributed by atoms with van der Waals surface area (Å²) in [7, 11) is 2.06. The third-order valence-electron chi connectivity index (χ3n) is 3.07. The van der Waals surface area contributed by atoms with E-state index in [-0.39, 0.29) is 5.41 Å². The quantitative estimate of drug-likeness (QED) is 0.841. The minimum atomic E-state index is 0.0469. The fourth-order valence-electron chi connectivity index (χ4n) is 1.90. The van der Waals surface area contributed by atoms with Crippen molar-refractivity contribution in [1.29, 1.82) is 0 Å². The lowest BCUT2D eigenvalue weighted by Crippen LogP contribution is -2.20. The molecule has 0 aliphatic heterocycles. The van der Waals surface area contributed by atoms with E-state index in [2.05, 4.69) is 73.0 Å². The molecule has 0 saturated heterocycles. The summed E-state index contributed by atoms with van der Waals surface area (Å²) in [6.45, 7) is 7.34. The summed E-state index contributed by atoms with van der Waals surface area (Å²) in [6, 6.07) is 12.5. The first-order chi connectivity index (χ1) is 8.97. The summed E-state index contributed by atoms with van der Waals surface area (Å²) < 4.78 is 0. The molecule has 19 heavy (non-hydrogen) atoms. The van der Waals surface area contributed by atoms with Gasteiger partial charge in [-0.1, -0.05) is 51.1 Å². The van der Waals surface area contributed by atoms with E-state index in [4.69, 9.17) is 0 Å². The highest BCUT2D eigenvalue weighted by Gasteiger charge is 2.16. The number of hydrogen-bond donors (Lipinski definition) is 0. The topological polar surface area (TPSA) is 29.0 Å². The van der Waals surface area contributed by atoms with Crippen molar-refractivity contribution in [2.45, 2.75) is 32.7 Å². The SMILES string of the molecule is CN(Cc1ccccc1)c1cc(C(C)(C)C)ncn1. The average Bonchev–Trinajstić information content (AvgIpc) is 2.39. The fourth-order valence-corrected chi connectivity index (χ4v) is 1.90. The summed E-state index contributed by atoms with van der Waals surface area (Å²) in [5.74, 6) is 0.962. The second-order valence-corrected chi connectivity index (χ2v) is 5.85.